The van der Waals surface area contributed by atoms with Gasteiger partial charge in [-0.05, 0) is 31.0 Å². The molecule has 0 aliphatic heterocycles. The highest BCUT2D eigenvalue weighted by molar-refractivity contribution is 6.33. The van der Waals surface area contributed by atoms with Crippen LogP contribution in [-0.2, 0) is 4.79 Å². The van der Waals surface area contributed by atoms with Crippen LogP contribution in [0.4, 0.5) is 10.5 Å². The van der Waals surface area contributed by atoms with Crippen molar-refractivity contribution in [3.05, 3.63) is 28.8 Å². The molecule has 19 heavy (non-hydrogen) atoms. The number of halogens is 1. The lowest BCUT2D eigenvalue weighted by atomic mass is 10.2. The summed E-state index contributed by atoms with van der Waals surface area (Å²) < 4.78 is 0. The van der Waals surface area contributed by atoms with Gasteiger partial charge in [-0.2, -0.15) is 0 Å². The van der Waals surface area contributed by atoms with Gasteiger partial charge in [0.05, 0.1) is 10.7 Å². The molecule has 0 fully saturated rings. The van der Waals surface area contributed by atoms with Gasteiger partial charge in [-0.1, -0.05) is 17.7 Å². The maximum absolute atomic E-state index is 11.9. The number of urea groups is 1. The van der Waals surface area contributed by atoms with E-state index in [0.29, 0.717) is 23.7 Å². The molecule has 2 N–H and O–H groups in total. The molecule has 0 aliphatic carbocycles. The van der Waals surface area contributed by atoms with Gasteiger partial charge in [-0.15, -0.1) is 0 Å². The third kappa shape index (κ3) is 5.18. The summed E-state index contributed by atoms with van der Waals surface area (Å²) in [5, 5.41) is 11.7. The molecule has 0 bridgehead atoms. The lowest BCUT2D eigenvalue weighted by molar-refractivity contribution is -0.137. The average Bonchev–Trinajstić information content (AvgIpc) is 2.33. The first-order valence-electron chi connectivity index (χ1n) is 5.90. The van der Waals surface area contributed by atoms with Crippen LogP contribution in [0.1, 0.15) is 18.4 Å². The van der Waals surface area contributed by atoms with Gasteiger partial charge in [0.1, 0.15) is 0 Å². The fourth-order valence-electron chi connectivity index (χ4n) is 1.51. The minimum atomic E-state index is -0.865. The molecule has 104 valence electrons. The number of nitrogens with one attached hydrogen (secondary N) is 1. The van der Waals surface area contributed by atoms with Crippen LogP contribution in [0.5, 0.6) is 0 Å². The van der Waals surface area contributed by atoms with Crippen molar-refractivity contribution in [3.63, 3.8) is 0 Å². The van der Waals surface area contributed by atoms with Crippen molar-refractivity contribution in [2.45, 2.75) is 19.8 Å². The number of carbonyl (C=O) groups excluding carboxylic acids is 1. The van der Waals surface area contributed by atoms with E-state index in [-0.39, 0.29) is 12.5 Å². The van der Waals surface area contributed by atoms with Gasteiger partial charge in [0, 0.05) is 20.0 Å². The molecule has 0 saturated heterocycles. The average molecular weight is 285 g/mol. The Morgan fingerprint density at radius 1 is 1.42 bits per heavy atom. The van der Waals surface area contributed by atoms with Crippen LogP contribution in [0.2, 0.25) is 5.02 Å². The summed E-state index contributed by atoms with van der Waals surface area (Å²) in [5.41, 5.74) is 1.55. The Bertz CT molecular complexity index is 477. The number of anilines is 1. The van der Waals surface area contributed by atoms with E-state index in [1.807, 2.05) is 13.0 Å². The molecule has 1 aromatic carbocycles. The summed E-state index contributed by atoms with van der Waals surface area (Å²) in [4.78, 5) is 23.7. The molecule has 0 unspecified atom stereocenters. The number of carbonyl (C=O) groups is 2. The fraction of sp³-hybridized carbons (Fsp3) is 0.385. The maximum atomic E-state index is 11.9. The van der Waals surface area contributed by atoms with Crippen molar-refractivity contribution >= 4 is 29.3 Å². The van der Waals surface area contributed by atoms with E-state index in [1.165, 1.54) is 4.90 Å². The standard InChI is InChI=1S/C13H17ClN2O3/c1-9-5-6-10(14)11(8-9)15-13(19)16(2)7-3-4-12(17)18/h5-6,8H,3-4,7H2,1-2H3,(H,15,19)(H,17,18). The smallest absolute Gasteiger partial charge is 0.321 e. The number of rotatable bonds is 5. The second-order valence-electron chi connectivity index (χ2n) is 4.33. The summed E-state index contributed by atoms with van der Waals surface area (Å²) in [6.45, 7) is 2.28. The minimum Gasteiger partial charge on any atom is -0.481 e. The number of carboxylic acid groups (broad SMARTS) is 1. The Morgan fingerprint density at radius 3 is 2.74 bits per heavy atom. The molecule has 5 nitrogen and oxygen atoms in total. The van der Waals surface area contributed by atoms with Gasteiger partial charge in [0.2, 0.25) is 0 Å². The Balaban J connectivity index is 2.54. The highest BCUT2D eigenvalue weighted by Gasteiger charge is 2.11. The fourth-order valence-corrected chi connectivity index (χ4v) is 1.68. The SMILES string of the molecule is Cc1ccc(Cl)c(NC(=O)N(C)CCCC(=O)O)c1. The lowest BCUT2D eigenvalue weighted by Crippen LogP contribution is -2.32. The van der Waals surface area contributed by atoms with Crippen molar-refractivity contribution in [3.8, 4) is 0 Å². The molecule has 0 saturated carbocycles. The van der Waals surface area contributed by atoms with Crippen molar-refractivity contribution in [1.29, 1.82) is 0 Å². The number of aliphatic carboxylic acids is 1. The van der Waals surface area contributed by atoms with Crippen LogP contribution < -0.4 is 5.32 Å². The summed E-state index contributed by atoms with van der Waals surface area (Å²) in [7, 11) is 1.61. The van der Waals surface area contributed by atoms with Crippen LogP contribution in [0.3, 0.4) is 0 Å². The second-order valence-corrected chi connectivity index (χ2v) is 4.74. The molecule has 1 rings (SSSR count). The quantitative estimate of drug-likeness (QED) is 0.873. The molecule has 0 spiro atoms. The topological polar surface area (TPSA) is 69.6 Å². The molecule has 0 aromatic heterocycles. The molecule has 2 amide bonds. The van der Waals surface area contributed by atoms with Crippen molar-refractivity contribution in [2.75, 3.05) is 18.9 Å². The van der Waals surface area contributed by atoms with E-state index in [2.05, 4.69) is 5.32 Å². The molecule has 0 heterocycles. The number of hydrogen-bond donors (Lipinski definition) is 2. The van der Waals surface area contributed by atoms with E-state index in [1.54, 1.807) is 19.2 Å². The molecule has 6 heteroatoms. The number of carboxylic acids is 1. The Kier molecular flexibility index (Phi) is 5.63. The maximum Gasteiger partial charge on any atom is 0.321 e. The van der Waals surface area contributed by atoms with Crippen LogP contribution in [-0.4, -0.2) is 35.6 Å². The predicted octanol–water partition coefficient (Wildman–Crippen LogP) is 2.98. The van der Waals surface area contributed by atoms with Crippen LogP contribution in [0, 0.1) is 6.92 Å². The third-order valence-corrected chi connectivity index (χ3v) is 2.92. The zero-order valence-electron chi connectivity index (χ0n) is 10.9. The van der Waals surface area contributed by atoms with E-state index >= 15 is 0 Å². The molecular formula is C13H17ClN2O3. The van der Waals surface area contributed by atoms with Crippen molar-refractivity contribution in [1.82, 2.24) is 4.90 Å². The van der Waals surface area contributed by atoms with Gasteiger partial charge in [-0.3, -0.25) is 4.79 Å². The highest BCUT2D eigenvalue weighted by atomic mass is 35.5. The van der Waals surface area contributed by atoms with E-state index in [9.17, 15) is 9.59 Å². The first-order chi connectivity index (χ1) is 8.90. The van der Waals surface area contributed by atoms with Crippen LogP contribution in [0.15, 0.2) is 18.2 Å². The van der Waals surface area contributed by atoms with Crippen molar-refractivity contribution in [2.24, 2.45) is 0 Å². The zero-order chi connectivity index (χ0) is 14.4. The van der Waals surface area contributed by atoms with E-state index in [0.717, 1.165) is 5.56 Å². The monoisotopic (exact) mass is 284 g/mol. The Labute approximate surface area is 117 Å². The van der Waals surface area contributed by atoms with Gasteiger partial charge in [0.15, 0.2) is 0 Å². The largest absolute Gasteiger partial charge is 0.481 e. The normalized spacial score (nSPS) is 10.1. The van der Waals surface area contributed by atoms with Gasteiger partial charge in [0.25, 0.3) is 0 Å². The van der Waals surface area contributed by atoms with Crippen LogP contribution in [0.25, 0.3) is 0 Å². The lowest BCUT2D eigenvalue weighted by Gasteiger charge is -2.18. The number of hydrogen-bond acceptors (Lipinski definition) is 2. The number of benzene rings is 1. The summed E-state index contributed by atoms with van der Waals surface area (Å²) in [6.07, 6.45) is 0.462. The van der Waals surface area contributed by atoms with E-state index in [4.69, 9.17) is 16.7 Å². The van der Waals surface area contributed by atoms with Crippen LogP contribution >= 0.6 is 11.6 Å². The van der Waals surface area contributed by atoms with Gasteiger partial charge < -0.3 is 15.3 Å². The van der Waals surface area contributed by atoms with Crippen molar-refractivity contribution < 1.29 is 14.7 Å². The number of nitrogens with zero attached hydrogens (tertiary/aromatic N) is 1. The third-order valence-electron chi connectivity index (χ3n) is 2.59. The summed E-state index contributed by atoms with van der Waals surface area (Å²) in [5.74, 6) is -0.865. The summed E-state index contributed by atoms with van der Waals surface area (Å²) in [6, 6.07) is 5.05. The Hall–Kier alpha value is -1.75. The molecule has 0 atom stereocenters. The molecule has 1 aromatic rings. The molecule has 0 radical (unpaired) electrons. The van der Waals surface area contributed by atoms with Gasteiger partial charge >= 0.3 is 12.0 Å². The van der Waals surface area contributed by atoms with E-state index < -0.39 is 5.97 Å². The minimum absolute atomic E-state index is 0.0445. The first-order valence-corrected chi connectivity index (χ1v) is 6.28. The highest BCUT2D eigenvalue weighted by Crippen LogP contribution is 2.22. The second kappa shape index (κ2) is 6.99. The first kappa shape index (κ1) is 15.3. The number of amides is 2. The predicted molar refractivity (Wildman–Crippen MR) is 74.7 cm³/mol. The molecule has 0 aliphatic rings. The zero-order valence-corrected chi connectivity index (χ0v) is 11.7. The summed E-state index contributed by atoms with van der Waals surface area (Å²) >= 11 is 5.98. The Morgan fingerprint density at radius 2 is 2.11 bits per heavy atom. The molecular weight excluding hydrogens is 268 g/mol. The van der Waals surface area contributed by atoms with Gasteiger partial charge in [-0.25, -0.2) is 4.79 Å². The number of aryl methyl sites for hydroxylation is 1.